The summed E-state index contributed by atoms with van der Waals surface area (Å²) < 4.78 is 16.0. The van der Waals surface area contributed by atoms with E-state index in [9.17, 15) is 9.90 Å². The topological polar surface area (TPSA) is 65.0 Å². The molecule has 0 amide bonds. The van der Waals surface area contributed by atoms with E-state index in [4.69, 9.17) is 14.2 Å². The minimum atomic E-state index is -0.679. The van der Waals surface area contributed by atoms with E-state index < -0.39 is 11.9 Å². The van der Waals surface area contributed by atoms with Crippen molar-refractivity contribution in [1.82, 2.24) is 0 Å². The van der Waals surface area contributed by atoms with Crippen LogP contribution in [0, 0.1) is 5.92 Å². The molecular formula is C11H18O5. The summed E-state index contributed by atoms with van der Waals surface area (Å²) in [6, 6.07) is 0. The van der Waals surface area contributed by atoms with Gasteiger partial charge >= 0.3 is 5.97 Å². The Balaban J connectivity index is 2.07. The molecule has 0 radical (unpaired) electrons. The third-order valence-electron chi connectivity index (χ3n) is 3.18. The summed E-state index contributed by atoms with van der Waals surface area (Å²) >= 11 is 0. The zero-order chi connectivity index (χ0) is 11.9. The summed E-state index contributed by atoms with van der Waals surface area (Å²) in [6.07, 6.45) is -0.270. The van der Waals surface area contributed by atoms with E-state index in [1.807, 2.05) is 13.8 Å². The maximum atomic E-state index is 11.4. The zero-order valence-corrected chi connectivity index (χ0v) is 9.80. The first-order valence-corrected chi connectivity index (χ1v) is 5.54. The van der Waals surface area contributed by atoms with Gasteiger partial charge in [0.1, 0.15) is 6.10 Å². The number of esters is 1. The molecule has 1 heterocycles. The van der Waals surface area contributed by atoms with Gasteiger partial charge in [0.15, 0.2) is 5.79 Å². The summed E-state index contributed by atoms with van der Waals surface area (Å²) in [5, 5.41) is 9.91. The molecule has 1 unspecified atom stereocenters. The van der Waals surface area contributed by atoms with Crippen LogP contribution in [0.25, 0.3) is 0 Å². The molecule has 2 rings (SSSR count). The van der Waals surface area contributed by atoms with Gasteiger partial charge in [-0.3, -0.25) is 4.79 Å². The van der Waals surface area contributed by atoms with E-state index in [0.717, 1.165) is 0 Å². The van der Waals surface area contributed by atoms with Crippen LogP contribution in [0.5, 0.6) is 0 Å². The fourth-order valence-corrected chi connectivity index (χ4v) is 2.53. The Morgan fingerprint density at radius 1 is 1.38 bits per heavy atom. The normalized spacial score (nSPS) is 41.5. The van der Waals surface area contributed by atoms with Crippen molar-refractivity contribution in [3.8, 4) is 0 Å². The summed E-state index contributed by atoms with van der Waals surface area (Å²) in [5.41, 5.74) is 0. The molecule has 0 spiro atoms. The van der Waals surface area contributed by atoms with Gasteiger partial charge in [-0.1, -0.05) is 0 Å². The van der Waals surface area contributed by atoms with Crippen LogP contribution in [0.1, 0.15) is 26.7 Å². The second-order valence-electron chi connectivity index (χ2n) is 4.90. The second kappa shape index (κ2) is 3.98. The maximum absolute atomic E-state index is 11.4. The third-order valence-corrected chi connectivity index (χ3v) is 3.18. The molecule has 1 saturated heterocycles. The zero-order valence-electron chi connectivity index (χ0n) is 9.80. The van der Waals surface area contributed by atoms with Gasteiger partial charge in [0.05, 0.1) is 25.2 Å². The highest BCUT2D eigenvalue weighted by Gasteiger charge is 2.50. The van der Waals surface area contributed by atoms with E-state index >= 15 is 0 Å². The smallest absolute Gasteiger partial charge is 0.308 e. The molecule has 16 heavy (non-hydrogen) atoms. The van der Waals surface area contributed by atoms with E-state index in [1.165, 1.54) is 7.11 Å². The fourth-order valence-electron chi connectivity index (χ4n) is 2.53. The van der Waals surface area contributed by atoms with Crippen LogP contribution in [0.3, 0.4) is 0 Å². The van der Waals surface area contributed by atoms with Crippen LogP contribution >= 0.6 is 0 Å². The van der Waals surface area contributed by atoms with Crippen LogP contribution in [0.15, 0.2) is 0 Å². The molecule has 4 atom stereocenters. The minimum absolute atomic E-state index is 0.220. The van der Waals surface area contributed by atoms with Crippen molar-refractivity contribution in [2.45, 2.75) is 50.8 Å². The molecule has 0 aromatic rings. The first kappa shape index (κ1) is 11.8. The van der Waals surface area contributed by atoms with Gasteiger partial charge in [0, 0.05) is 0 Å². The Bertz CT molecular complexity index is 288. The van der Waals surface area contributed by atoms with Crippen molar-refractivity contribution in [3.63, 3.8) is 0 Å². The van der Waals surface area contributed by atoms with E-state index in [0.29, 0.717) is 12.8 Å². The Kier molecular flexibility index (Phi) is 2.94. The van der Waals surface area contributed by atoms with Gasteiger partial charge < -0.3 is 19.3 Å². The number of methoxy groups -OCH3 is 1. The largest absolute Gasteiger partial charge is 0.469 e. The van der Waals surface area contributed by atoms with Crippen LogP contribution in [-0.4, -0.2) is 42.3 Å². The van der Waals surface area contributed by atoms with Crippen molar-refractivity contribution in [1.29, 1.82) is 0 Å². The van der Waals surface area contributed by atoms with Gasteiger partial charge in [0.25, 0.3) is 0 Å². The minimum Gasteiger partial charge on any atom is -0.469 e. The van der Waals surface area contributed by atoms with Gasteiger partial charge in [-0.05, 0) is 26.7 Å². The monoisotopic (exact) mass is 230 g/mol. The number of hydrogen-bond acceptors (Lipinski definition) is 5. The Morgan fingerprint density at radius 3 is 2.69 bits per heavy atom. The highest BCUT2D eigenvalue weighted by atomic mass is 16.8. The average molecular weight is 230 g/mol. The van der Waals surface area contributed by atoms with Gasteiger partial charge in [0.2, 0.25) is 0 Å². The molecule has 5 nitrogen and oxygen atoms in total. The van der Waals surface area contributed by atoms with Crippen LogP contribution in [0.4, 0.5) is 0 Å². The van der Waals surface area contributed by atoms with E-state index in [2.05, 4.69) is 0 Å². The number of fused-ring (bicyclic) bond motifs is 1. The number of rotatable bonds is 1. The maximum Gasteiger partial charge on any atom is 0.308 e. The molecule has 1 aliphatic carbocycles. The summed E-state index contributed by atoms with van der Waals surface area (Å²) in [6.45, 7) is 3.62. The number of aliphatic hydroxyl groups excluding tert-OH is 1. The first-order chi connectivity index (χ1) is 7.43. The summed E-state index contributed by atoms with van der Waals surface area (Å²) in [5.74, 6) is -1.26. The Labute approximate surface area is 94.7 Å². The first-order valence-electron chi connectivity index (χ1n) is 5.54. The van der Waals surface area contributed by atoms with Crippen molar-refractivity contribution in [2.24, 2.45) is 5.92 Å². The predicted octanol–water partition coefficient (Wildman–Crippen LogP) is 0.450. The lowest BCUT2D eigenvalue weighted by Gasteiger charge is -2.31. The van der Waals surface area contributed by atoms with Crippen LogP contribution < -0.4 is 0 Å². The molecule has 92 valence electrons. The summed E-state index contributed by atoms with van der Waals surface area (Å²) in [7, 11) is 1.36. The molecule has 0 aromatic carbocycles. The van der Waals surface area contributed by atoms with Crippen LogP contribution in [-0.2, 0) is 19.0 Å². The van der Waals surface area contributed by atoms with Crippen molar-refractivity contribution >= 4 is 5.97 Å². The molecule has 5 heteroatoms. The molecule has 1 aliphatic heterocycles. The second-order valence-corrected chi connectivity index (χ2v) is 4.90. The summed E-state index contributed by atoms with van der Waals surface area (Å²) in [4.78, 5) is 11.4. The number of aliphatic hydroxyl groups is 1. The van der Waals surface area contributed by atoms with E-state index in [1.54, 1.807) is 0 Å². The molecule has 2 fully saturated rings. The average Bonchev–Trinajstić information content (AvgIpc) is 2.52. The number of hydrogen-bond donors (Lipinski definition) is 1. The Hall–Kier alpha value is -0.650. The molecule has 1 saturated carbocycles. The van der Waals surface area contributed by atoms with Gasteiger partial charge in [-0.15, -0.1) is 0 Å². The highest BCUT2D eigenvalue weighted by Crippen LogP contribution is 2.39. The fraction of sp³-hybridized carbons (Fsp3) is 0.909. The lowest BCUT2D eigenvalue weighted by Crippen LogP contribution is -2.44. The number of ether oxygens (including phenoxy) is 3. The lowest BCUT2D eigenvalue weighted by molar-refractivity contribution is -0.153. The quantitative estimate of drug-likeness (QED) is 0.662. The lowest BCUT2D eigenvalue weighted by atomic mass is 9.83. The molecule has 2 aliphatic rings. The van der Waals surface area contributed by atoms with Gasteiger partial charge in [-0.25, -0.2) is 0 Å². The number of carbonyl (C=O) groups excluding carboxylic acids is 1. The molecule has 0 bridgehead atoms. The predicted molar refractivity (Wildman–Crippen MR) is 54.6 cm³/mol. The van der Waals surface area contributed by atoms with Crippen molar-refractivity contribution in [2.75, 3.05) is 7.11 Å². The van der Waals surface area contributed by atoms with Gasteiger partial charge in [-0.2, -0.15) is 0 Å². The standard InChI is InChI=1S/C11H18O5/c1-11(2)15-8-5-6(10(13)14-3)4-7(12)9(8)16-11/h6-9,12H,4-5H2,1-3H3/t6?,7-,8-,9+/m1/s1. The van der Waals surface area contributed by atoms with Crippen molar-refractivity contribution in [3.05, 3.63) is 0 Å². The van der Waals surface area contributed by atoms with Crippen molar-refractivity contribution < 1.29 is 24.1 Å². The van der Waals surface area contributed by atoms with E-state index in [-0.39, 0.29) is 24.1 Å². The van der Waals surface area contributed by atoms with Crippen LogP contribution in [0.2, 0.25) is 0 Å². The Morgan fingerprint density at radius 2 is 2.06 bits per heavy atom. The molecular weight excluding hydrogens is 212 g/mol. The molecule has 1 N–H and O–H groups in total. The molecule has 0 aromatic heterocycles. The highest BCUT2D eigenvalue weighted by molar-refractivity contribution is 5.72. The number of carbonyl (C=O) groups is 1. The SMILES string of the molecule is COC(=O)C1C[C@@H](O)[C@@H]2OC(C)(C)O[C@@H]2C1. The third kappa shape index (κ3) is 2.07.